The zero-order valence-corrected chi connectivity index (χ0v) is 24.8. The summed E-state index contributed by atoms with van der Waals surface area (Å²) in [7, 11) is 0. The summed E-state index contributed by atoms with van der Waals surface area (Å²) in [5, 5.41) is 4.39. The van der Waals surface area contributed by atoms with Gasteiger partial charge in [0.1, 0.15) is 41.9 Å². The lowest BCUT2D eigenvalue weighted by Crippen LogP contribution is -2.09. The number of benzene rings is 4. The molecule has 0 amide bonds. The van der Waals surface area contributed by atoms with Gasteiger partial charge in [-0.1, -0.05) is 53.7 Å². The molecule has 8 nitrogen and oxygen atoms in total. The summed E-state index contributed by atoms with van der Waals surface area (Å²) in [5.41, 5.74) is 4.06. The third-order valence-electron chi connectivity index (χ3n) is 6.66. The molecule has 44 heavy (non-hydrogen) atoms. The third-order valence-corrected chi connectivity index (χ3v) is 6.66. The number of ether oxygens (including phenoxy) is 3. The lowest BCUT2D eigenvalue weighted by Gasteiger charge is -2.10. The number of para-hydroxylation sites is 1. The van der Waals surface area contributed by atoms with Crippen LogP contribution >= 0.6 is 0 Å². The first-order valence-electron chi connectivity index (χ1n) is 14.5. The van der Waals surface area contributed by atoms with Gasteiger partial charge in [0.05, 0.1) is 18.7 Å². The van der Waals surface area contributed by atoms with Gasteiger partial charge in [-0.3, -0.25) is 4.79 Å². The fraction of sp³-hybridized carbons (Fsp3) is 0.194. The molecule has 0 saturated heterocycles. The van der Waals surface area contributed by atoms with Crippen molar-refractivity contribution in [1.29, 1.82) is 0 Å². The van der Waals surface area contributed by atoms with E-state index < -0.39 is 0 Å². The topological polar surface area (TPSA) is 92.4 Å². The molecular formula is C36H34N2O6. The summed E-state index contributed by atoms with van der Waals surface area (Å²) in [6, 6.07) is 34.5. The number of aromatic nitrogens is 1. The van der Waals surface area contributed by atoms with Crippen LogP contribution in [0.2, 0.25) is 0 Å². The quantitative estimate of drug-likeness (QED) is 0.0730. The number of nitrogens with zero attached hydrogens (tertiary/aromatic N) is 2. The molecule has 1 heterocycles. The van der Waals surface area contributed by atoms with Crippen LogP contribution in [0.25, 0.3) is 11.5 Å². The van der Waals surface area contributed by atoms with Gasteiger partial charge in [-0.05, 0) is 85.6 Å². The number of hydrogen-bond donors (Lipinski definition) is 0. The second-order valence-electron chi connectivity index (χ2n) is 9.88. The number of aryl methyl sites for hydroxylation is 1. The molecule has 224 valence electrons. The minimum atomic E-state index is -0.281. The van der Waals surface area contributed by atoms with Crippen LogP contribution in [0.5, 0.6) is 17.2 Å². The number of carbonyl (C=O) groups is 1. The molecule has 0 atom stereocenters. The first-order chi connectivity index (χ1) is 21.6. The first kappa shape index (κ1) is 30.1. The Bertz CT molecular complexity index is 1650. The van der Waals surface area contributed by atoms with E-state index in [0.29, 0.717) is 42.7 Å². The average molecular weight is 591 g/mol. The molecule has 0 saturated carbocycles. The van der Waals surface area contributed by atoms with Gasteiger partial charge in [0.2, 0.25) is 5.89 Å². The van der Waals surface area contributed by atoms with Crippen molar-refractivity contribution in [2.75, 3.05) is 6.61 Å². The predicted octanol–water partition coefficient (Wildman–Crippen LogP) is 8.29. The first-order valence-corrected chi connectivity index (χ1v) is 14.5. The van der Waals surface area contributed by atoms with Crippen LogP contribution in [0.1, 0.15) is 42.3 Å². The van der Waals surface area contributed by atoms with Crippen LogP contribution < -0.4 is 9.47 Å². The minimum Gasteiger partial charge on any atom is -0.487 e. The molecule has 0 aliphatic heterocycles. The van der Waals surface area contributed by atoms with E-state index in [1.54, 1.807) is 6.92 Å². The fourth-order valence-corrected chi connectivity index (χ4v) is 4.32. The van der Waals surface area contributed by atoms with Crippen molar-refractivity contribution in [3.05, 3.63) is 132 Å². The second-order valence-corrected chi connectivity index (χ2v) is 9.88. The van der Waals surface area contributed by atoms with Crippen LogP contribution in [-0.4, -0.2) is 23.3 Å². The van der Waals surface area contributed by atoms with E-state index in [9.17, 15) is 4.79 Å². The summed E-state index contributed by atoms with van der Waals surface area (Å²) in [6.07, 6.45) is 0.570. The van der Waals surface area contributed by atoms with Gasteiger partial charge in [-0.25, -0.2) is 4.98 Å². The third kappa shape index (κ3) is 8.58. The van der Waals surface area contributed by atoms with Crippen LogP contribution in [0.4, 0.5) is 0 Å². The lowest BCUT2D eigenvalue weighted by atomic mass is 10.1. The number of oxime groups is 1. The predicted molar refractivity (Wildman–Crippen MR) is 168 cm³/mol. The Morgan fingerprint density at radius 3 is 2.14 bits per heavy atom. The highest BCUT2D eigenvalue weighted by Crippen LogP contribution is 2.24. The molecule has 0 spiro atoms. The van der Waals surface area contributed by atoms with Gasteiger partial charge < -0.3 is 23.5 Å². The molecule has 0 bridgehead atoms. The zero-order valence-electron chi connectivity index (χ0n) is 24.8. The summed E-state index contributed by atoms with van der Waals surface area (Å²) in [6.45, 7) is 4.55. The molecule has 5 rings (SSSR count). The maximum absolute atomic E-state index is 12.0. The highest BCUT2D eigenvalue weighted by molar-refractivity contribution is 6.01. The standard InChI is InChI=1S/C36H34N2O6/c1-3-40-35(39)23-22-33(28-16-20-32(21-17-28)44-31-12-8-5-9-13-31)38-42-24-27-14-18-30(19-15-27)41-25-34-26(2)43-36(37-34)29-10-6-4-7-11-29/h4-21H,3,22-25H2,1-2H3/b38-33-. The van der Waals surface area contributed by atoms with Crippen LogP contribution in [0.3, 0.4) is 0 Å². The summed E-state index contributed by atoms with van der Waals surface area (Å²) >= 11 is 0. The Kier molecular flexibility index (Phi) is 10.4. The number of oxazole rings is 1. The van der Waals surface area contributed by atoms with E-state index in [1.165, 1.54) is 0 Å². The van der Waals surface area contributed by atoms with Gasteiger partial charge in [0.25, 0.3) is 0 Å². The van der Waals surface area contributed by atoms with E-state index in [4.69, 9.17) is 23.5 Å². The molecule has 0 fully saturated rings. The summed E-state index contributed by atoms with van der Waals surface area (Å²) in [5.74, 6) is 3.17. The number of esters is 1. The SMILES string of the molecule is CCOC(=O)CC/C(=N/OCc1ccc(OCc2nc(-c3ccccc3)oc2C)cc1)c1ccc(Oc2ccccc2)cc1. The summed E-state index contributed by atoms with van der Waals surface area (Å²) < 4.78 is 22.8. The second kappa shape index (κ2) is 15.2. The average Bonchev–Trinajstić information content (AvgIpc) is 3.44. The smallest absolute Gasteiger partial charge is 0.306 e. The van der Waals surface area contributed by atoms with Gasteiger partial charge in [-0.15, -0.1) is 0 Å². The van der Waals surface area contributed by atoms with Crippen molar-refractivity contribution in [3.8, 4) is 28.7 Å². The van der Waals surface area contributed by atoms with Crippen molar-refractivity contribution in [1.82, 2.24) is 4.98 Å². The number of rotatable bonds is 14. The molecular weight excluding hydrogens is 556 g/mol. The Balaban J connectivity index is 1.18. The van der Waals surface area contributed by atoms with Crippen molar-refractivity contribution in [2.45, 2.75) is 39.9 Å². The van der Waals surface area contributed by atoms with Crippen molar-refractivity contribution in [3.63, 3.8) is 0 Å². The van der Waals surface area contributed by atoms with E-state index in [2.05, 4.69) is 10.1 Å². The zero-order chi connectivity index (χ0) is 30.6. The van der Waals surface area contributed by atoms with Gasteiger partial charge >= 0.3 is 5.97 Å². The van der Waals surface area contributed by atoms with E-state index >= 15 is 0 Å². The van der Waals surface area contributed by atoms with Gasteiger partial charge in [0.15, 0.2) is 0 Å². The largest absolute Gasteiger partial charge is 0.487 e. The maximum Gasteiger partial charge on any atom is 0.306 e. The van der Waals surface area contributed by atoms with E-state index in [1.807, 2.05) is 116 Å². The summed E-state index contributed by atoms with van der Waals surface area (Å²) in [4.78, 5) is 22.4. The Labute approximate surface area is 256 Å². The van der Waals surface area contributed by atoms with Crippen LogP contribution in [-0.2, 0) is 27.6 Å². The molecule has 0 aliphatic carbocycles. The normalized spacial score (nSPS) is 11.2. The fourth-order valence-electron chi connectivity index (χ4n) is 4.32. The van der Waals surface area contributed by atoms with E-state index in [-0.39, 0.29) is 19.0 Å². The molecule has 0 unspecified atom stereocenters. The van der Waals surface area contributed by atoms with Crippen molar-refractivity contribution < 1.29 is 28.3 Å². The van der Waals surface area contributed by atoms with Gasteiger partial charge in [0, 0.05) is 12.0 Å². The molecule has 0 aliphatic rings. The Hall–Kier alpha value is -5.37. The molecule has 4 aromatic carbocycles. The molecule has 0 radical (unpaired) electrons. The number of hydrogen-bond acceptors (Lipinski definition) is 8. The molecule has 5 aromatic rings. The van der Waals surface area contributed by atoms with Crippen molar-refractivity contribution >= 4 is 11.7 Å². The van der Waals surface area contributed by atoms with Gasteiger partial charge in [-0.2, -0.15) is 0 Å². The highest BCUT2D eigenvalue weighted by atomic mass is 16.6. The Morgan fingerprint density at radius 2 is 1.43 bits per heavy atom. The van der Waals surface area contributed by atoms with Crippen LogP contribution in [0.15, 0.2) is 119 Å². The number of carbonyl (C=O) groups excluding carboxylic acids is 1. The van der Waals surface area contributed by atoms with E-state index in [0.717, 1.165) is 33.9 Å². The lowest BCUT2D eigenvalue weighted by molar-refractivity contribution is -0.142. The highest BCUT2D eigenvalue weighted by Gasteiger charge is 2.13. The molecule has 8 heteroatoms. The molecule has 1 aromatic heterocycles. The maximum atomic E-state index is 12.0. The minimum absolute atomic E-state index is 0.197. The van der Waals surface area contributed by atoms with Crippen LogP contribution in [0, 0.1) is 6.92 Å². The van der Waals surface area contributed by atoms with Crippen molar-refractivity contribution in [2.24, 2.45) is 5.16 Å². The monoisotopic (exact) mass is 590 g/mol. The molecule has 0 N–H and O–H groups in total. The Morgan fingerprint density at radius 1 is 0.773 bits per heavy atom.